The van der Waals surface area contributed by atoms with Gasteiger partial charge in [-0.3, -0.25) is 0 Å². The highest BCUT2D eigenvalue weighted by Gasteiger charge is 1.95. The zero-order valence-corrected chi connectivity index (χ0v) is 6.25. The molecule has 0 saturated heterocycles. The average molecular weight is 152 g/mol. The zero-order valence-electron chi connectivity index (χ0n) is 6.25. The molecule has 0 aliphatic carbocycles. The summed E-state index contributed by atoms with van der Waals surface area (Å²) in [6.45, 7) is 0.572. The molecule has 0 aromatic heterocycles. The summed E-state index contributed by atoms with van der Waals surface area (Å²) >= 11 is 0. The van der Waals surface area contributed by atoms with Gasteiger partial charge in [0.25, 0.3) is 0 Å². The molecule has 0 radical (unpaired) electrons. The Morgan fingerprint density at radius 3 is 2.55 bits per heavy atom. The van der Waals surface area contributed by atoms with Crippen LogP contribution in [0, 0.1) is 0 Å². The summed E-state index contributed by atoms with van der Waals surface area (Å²) in [5, 5.41) is 9.10. The van der Waals surface area contributed by atoms with E-state index in [0.29, 0.717) is 12.2 Å². The second kappa shape index (κ2) is 3.25. The zero-order chi connectivity index (χ0) is 8.27. The van der Waals surface area contributed by atoms with Gasteiger partial charge in [0.2, 0.25) is 0 Å². The highest BCUT2D eigenvalue weighted by Crippen LogP contribution is 2.16. The van der Waals surface area contributed by atoms with Crippen molar-refractivity contribution >= 4 is 5.69 Å². The summed E-state index contributed by atoms with van der Waals surface area (Å²) in [7, 11) is 0. The van der Waals surface area contributed by atoms with Gasteiger partial charge in [-0.15, -0.1) is 0 Å². The van der Waals surface area contributed by atoms with Gasteiger partial charge in [0.1, 0.15) is 5.75 Å². The Labute approximate surface area is 65.6 Å². The lowest BCUT2D eigenvalue weighted by Gasteiger charge is -2.01. The molecule has 0 saturated carbocycles. The Kier molecular flexibility index (Phi) is 2.33. The molecule has 0 aliphatic heterocycles. The highest BCUT2D eigenvalue weighted by molar-refractivity contribution is 5.47. The van der Waals surface area contributed by atoms with E-state index in [-0.39, 0.29) is 5.75 Å². The Morgan fingerprint density at radius 1 is 1.27 bits per heavy atom. The summed E-state index contributed by atoms with van der Waals surface area (Å²) in [6, 6.07) is 5.00. The third kappa shape index (κ3) is 2.13. The van der Waals surface area contributed by atoms with Gasteiger partial charge in [-0.05, 0) is 30.7 Å². The van der Waals surface area contributed by atoms with Gasteiger partial charge in [-0.2, -0.15) is 0 Å². The lowest BCUT2D eigenvalue weighted by atomic mass is 10.1. The number of phenols is 1. The number of benzene rings is 1. The van der Waals surface area contributed by atoms with Gasteiger partial charge < -0.3 is 16.6 Å². The van der Waals surface area contributed by atoms with Crippen LogP contribution in [0.1, 0.15) is 5.56 Å². The van der Waals surface area contributed by atoms with Crippen molar-refractivity contribution < 1.29 is 5.11 Å². The van der Waals surface area contributed by atoms with Crippen LogP contribution < -0.4 is 11.5 Å². The molecule has 11 heavy (non-hydrogen) atoms. The van der Waals surface area contributed by atoms with Crippen LogP contribution in [0.15, 0.2) is 18.2 Å². The van der Waals surface area contributed by atoms with Crippen LogP contribution in [-0.2, 0) is 6.42 Å². The van der Waals surface area contributed by atoms with Gasteiger partial charge in [-0.25, -0.2) is 0 Å². The Hall–Kier alpha value is -1.22. The maximum absolute atomic E-state index is 9.10. The van der Waals surface area contributed by atoms with E-state index < -0.39 is 0 Å². The molecule has 0 spiro atoms. The van der Waals surface area contributed by atoms with E-state index in [1.807, 2.05) is 6.07 Å². The quantitative estimate of drug-likeness (QED) is 0.539. The predicted molar refractivity (Wildman–Crippen MR) is 45.3 cm³/mol. The minimum absolute atomic E-state index is 0.202. The fourth-order valence-corrected chi connectivity index (χ4v) is 1.01. The number of aromatic hydroxyl groups is 1. The molecule has 3 nitrogen and oxygen atoms in total. The molecule has 0 fully saturated rings. The largest absolute Gasteiger partial charge is 0.508 e. The first-order valence-corrected chi connectivity index (χ1v) is 3.51. The van der Waals surface area contributed by atoms with Gasteiger partial charge in [0.15, 0.2) is 0 Å². The fraction of sp³-hybridized carbons (Fsp3) is 0.250. The van der Waals surface area contributed by atoms with Gasteiger partial charge >= 0.3 is 0 Å². The first-order valence-electron chi connectivity index (χ1n) is 3.51. The van der Waals surface area contributed by atoms with Crippen LogP contribution in [0.5, 0.6) is 5.75 Å². The minimum atomic E-state index is 0.202. The predicted octanol–water partition coefficient (Wildman–Crippen LogP) is 0.476. The third-order valence-corrected chi connectivity index (χ3v) is 1.43. The first kappa shape index (κ1) is 7.88. The molecule has 1 rings (SSSR count). The molecule has 1 aromatic rings. The molecule has 0 amide bonds. The first-order chi connectivity index (χ1) is 5.22. The Bertz CT molecular complexity index is 228. The van der Waals surface area contributed by atoms with Crippen LogP contribution in [0.25, 0.3) is 0 Å². The van der Waals surface area contributed by atoms with E-state index in [9.17, 15) is 0 Å². The number of hydrogen-bond acceptors (Lipinski definition) is 3. The number of hydrogen-bond donors (Lipinski definition) is 3. The molecule has 0 bridgehead atoms. The molecule has 0 atom stereocenters. The highest BCUT2D eigenvalue weighted by atomic mass is 16.3. The molecule has 3 heteroatoms. The van der Waals surface area contributed by atoms with E-state index in [4.69, 9.17) is 16.6 Å². The maximum atomic E-state index is 9.10. The van der Waals surface area contributed by atoms with E-state index in [1.54, 1.807) is 6.07 Å². The van der Waals surface area contributed by atoms with Crippen molar-refractivity contribution in [2.24, 2.45) is 5.73 Å². The van der Waals surface area contributed by atoms with Crippen molar-refractivity contribution in [1.29, 1.82) is 0 Å². The molecule has 5 N–H and O–H groups in total. The van der Waals surface area contributed by atoms with E-state index in [0.717, 1.165) is 12.0 Å². The molecular weight excluding hydrogens is 140 g/mol. The molecule has 0 unspecified atom stereocenters. The summed E-state index contributed by atoms with van der Waals surface area (Å²) in [4.78, 5) is 0. The molecule has 60 valence electrons. The topological polar surface area (TPSA) is 72.3 Å². The summed E-state index contributed by atoms with van der Waals surface area (Å²) in [5.41, 5.74) is 12.4. The number of phenolic OH excluding ortho intramolecular Hbond substituents is 1. The smallest absolute Gasteiger partial charge is 0.117 e. The Morgan fingerprint density at radius 2 is 2.00 bits per heavy atom. The van der Waals surface area contributed by atoms with Crippen molar-refractivity contribution in [3.63, 3.8) is 0 Å². The molecule has 1 aromatic carbocycles. The number of rotatable bonds is 2. The number of nitrogens with two attached hydrogens (primary N) is 2. The third-order valence-electron chi connectivity index (χ3n) is 1.43. The van der Waals surface area contributed by atoms with Gasteiger partial charge in [0, 0.05) is 11.8 Å². The second-order valence-corrected chi connectivity index (χ2v) is 2.47. The molecule has 0 heterocycles. The van der Waals surface area contributed by atoms with Crippen LogP contribution in [0.3, 0.4) is 0 Å². The van der Waals surface area contributed by atoms with Crippen molar-refractivity contribution in [2.45, 2.75) is 6.42 Å². The van der Waals surface area contributed by atoms with E-state index in [1.165, 1.54) is 6.07 Å². The van der Waals surface area contributed by atoms with Gasteiger partial charge in [-0.1, -0.05) is 0 Å². The fourth-order valence-electron chi connectivity index (χ4n) is 1.01. The normalized spacial score (nSPS) is 9.91. The lowest BCUT2D eigenvalue weighted by molar-refractivity contribution is 0.475. The number of nitrogen functional groups attached to an aromatic ring is 1. The van der Waals surface area contributed by atoms with Gasteiger partial charge in [0.05, 0.1) is 0 Å². The monoisotopic (exact) mass is 152 g/mol. The standard InChI is InChI=1S/C8H12N2O/c9-2-1-6-3-7(10)5-8(11)4-6/h3-5,11H,1-2,9-10H2. The number of anilines is 1. The summed E-state index contributed by atoms with van der Waals surface area (Å²) < 4.78 is 0. The van der Waals surface area contributed by atoms with Crippen LogP contribution in [-0.4, -0.2) is 11.7 Å². The van der Waals surface area contributed by atoms with Crippen LogP contribution in [0.2, 0.25) is 0 Å². The summed E-state index contributed by atoms with van der Waals surface area (Å²) in [6.07, 6.45) is 0.749. The van der Waals surface area contributed by atoms with Crippen molar-refractivity contribution in [3.05, 3.63) is 23.8 Å². The van der Waals surface area contributed by atoms with Crippen molar-refractivity contribution in [2.75, 3.05) is 12.3 Å². The van der Waals surface area contributed by atoms with Crippen molar-refractivity contribution in [1.82, 2.24) is 0 Å². The lowest BCUT2D eigenvalue weighted by Crippen LogP contribution is -2.02. The van der Waals surface area contributed by atoms with Crippen LogP contribution in [0.4, 0.5) is 5.69 Å². The maximum Gasteiger partial charge on any atom is 0.117 e. The SMILES string of the molecule is NCCc1cc(N)cc(O)c1. The Balaban J connectivity index is 2.89. The average Bonchev–Trinajstić information content (AvgIpc) is 1.85. The second-order valence-electron chi connectivity index (χ2n) is 2.47. The van der Waals surface area contributed by atoms with E-state index in [2.05, 4.69) is 0 Å². The van der Waals surface area contributed by atoms with Crippen LogP contribution >= 0.6 is 0 Å². The van der Waals surface area contributed by atoms with Crippen molar-refractivity contribution in [3.8, 4) is 5.75 Å². The minimum Gasteiger partial charge on any atom is -0.508 e. The van der Waals surface area contributed by atoms with E-state index >= 15 is 0 Å². The summed E-state index contributed by atoms with van der Waals surface area (Å²) in [5.74, 6) is 0.202. The molecular formula is C8H12N2O. The molecule has 0 aliphatic rings.